The Morgan fingerprint density at radius 2 is 1.97 bits per heavy atom. The van der Waals surface area contributed by atoms with Crippen molar-refractivity contribution in [2.24, 2.45) is 0 Å². The van der Waals surface area contributed by atoms with Gasteiger partial charge in [0.1, 0.15) is 18.2 Å². The molecule has 0 radical (unpaired) electrons. The number of rotatable bonds is 9. The summed E-state index contributed by atoms with van der Waals surface area (Å²) in [6, 6.07) is 10.1. The summed E-state index contributed by atoms with van der Waals surface area (Å²) in [4.78, 5) is 16.3. The molecule has 2 aromatic carbocycles. The van der Waals surface area contributed by atoms with E-state index in [9.17, 15) is 13.6 Å². The van der Waals surface area contributed by atoms with Gasteiger partial charge in [0.15, 0.2) is 23.2 Å². The summed E-state index contributed by atoms with van der Waals surface area (Å²) in [7, 11) is 1.60. The minimum atomic E-state index is -0.787. The zero-order chi connectivity index (χ0) is 21.5. The Balaban J connectivity index is 1.44. The number of hydrogen-bond donors (Lipinski definition) is 1. The van der Waals surface area contributed by atoms with Crippen molar-refractivity contribution in [3.63, 3.8) is 0 Å². The summed E-state index contributed by atoms with van der Waals surface area (Å²) >= 11 is 0. The van der Waals surface area contributed by atoms with Crippen LogP contribution in [0.15, 0.2) is 53.1 Å². The molecule has 158 valence electrons. The molecule has 0 aliphatic carbocycles. The molecule has 1 heterocycles. The highest BCUT2D eigenvalue weighted by Gasteiger charge is 2.13. The van der Waals surface area contributed by atoms with Crippen LogP contribution in [0.25, 0.3) is 11.3 Å². The van der Waals surface area contributed by atoms with Gasteiger partial charge in [-0.2, -0.15) is 0 Å². The van der Waals surface area contributed by atoms with Gasteiger partial charge in [0.05, 0.1) is 19.3 Å². The predicted octanol–water partition coefficient (Wildman–Crippen LogP) is 4.14. The van der Waals surface area contributed by atoms with Gasteiger partial charge in [-0.25, -0.2) is 13.8 Å². The molecule has 6 nitrogen and oxygen atoms in total. The summed E-state index contributed by atoms with van der Waals surface area (Å²) in [5.41, 5.74) is 0.859. The first-order chi connectivity index (χ1) is 14.4. The van der Waals surface area contributed by atoms with Crippen molar-refractivity contribution in [2.75, 3.05) is 13.7 Å². The second kappa shape index (κ2) is 9.87. The number of aryl methyl sites for hydroxylation is 1. The number of carbonyl (C=O) groups is 1. The van der Waals surface area contributed by atoms with Gasteiger partial charge >= 0.3 is 0 Å². The number of nitrogens with one attached hydrogen (secondary N) is 1. The van der Waals surface area contributed by atoms with Crippen LogP contribution < -0.4 is 14.8 Å². The molecule has 0 bridgehead atoms. The monoisotopic (exact) mass is 416 g/mol. The summed E-state index contributed by atoms with van der Waals surface area (Å²) in [5, 5.41) is 2.76. The van der Waals surface area contributed by atoms with Crippen molar-refractivity contribution in [2.45, 2.75) is 25.8 Å². The maximum Gasteiger partial charge on any atom is 0.220 e. The third kappa shape index (κ3) is 5.79. The quantitative estimate of drug-likeness (QED) is 0.567. The molecule has 0 aliphatic heterocycles. The van der Waals surface area contributed by atoms with E-state index in [0.29, 0.717) is 18.1 Å². The lowest BCUT2D eigenvalue weighted by Crippen LogP contribution is -2.37. The van der Waals surface area contributed by atoms with Gasteiger partial charge in [0.25, 0.3) is 0 Å². The zero-order valence-corrected chi connectivity index (χ0v) is 16.7. The molecule has 3 aromatic rings. The molecule has 0 spiro atoms. The van der Waals surface area contributed by atoms with Gasteiger partial charge in [0.2, 0.25) is 5.91 Å². The van der Waals surface area contributed by atoms with Crippen LogP contribution in [0, 0.1) is 11.6 Å². The maximum absolute atomic E-state index is 13.6. The Labute approximate surface area is 172 Å². The number of methoxy groups -OCH3 is 1. The molecule has 3 rings (SSSR count). The molecule has 0 fully saturated rings. The molecular formula is C22H22F2N2O4. The fraction of sp³-hybridized carbons (Fsp3) is 0.273. The Morgan fingerprint density at radius 1 is 1.20 bits per heavy atom. The standard InChI is InChI=1S/C22H22F2N2O4/c1-14(13-29-19-8-5-16(23)11-18(19)24)26-21(27)9-10-22-25-12-20(30-22)15-3-6-17(28-2)7-4-15/h3-8,11-12,14H,9-10,13H2,1-2H3,(H,26,27). The van der Waals surface area contributed by atoms with Crippen molar-refractivity contribution in [1.29, 1.82) is 0 Å². The van der Waals surface area contributed by atoms with Gasteiger partial charge in [-0.05, 0) is 43.3 Å². The molecule has 0 saturated carbocycles. The highest BCUT2D eigenvalue weighted by molar-refractivity contribution is 5.76. The molecule has 0 aliphatic rings. The molecule has 1 N–H and O–H groups in total. The van der Waals surface area contributed by atoms with E-state index in [0.717, 1.165) is 23.4 Å². The van der Waals surface area contributed by atoms with Gasteiger partial charge in [0, 0.05) is 24.5 Å². The fourth-order valence-corrected chi connectivity index (χ4v) is 2.73. The van der Waals surface area contributed by atoms with Crippen LogP contribution in [0.2, 0.25) is 0 Å². The van der Waals surface area contributed by atoms with Crippen molar-refractivity contribution < 1.29 is 27.5 Å². The average Bonchev–Trinajstić information content (AvgIpc) is 3.21. The van der Waals surface area contributed by atoms with E-state index in [1.807, 2.05) is 24.3 Å². The van der Waals surface area contributed by atoms with Crippen LogP contribution >= 0.6 is 0 Å². The summed E-state index contributed by atoms with van der Waals surface area (Å²) < 4.78 is 42.6. The highest BCUT2D eigenvalue weighted by Crippen LogP contribution is 2.23. The summed E-state index contributed by atoms with van der Waals surface area (Å²) in [6.45, 7) is 1.78. The Hall–Kier alpha value is -3.42. The number of carbonyl (C=O) groups excluding carboxylic acids is 1. The summed E-state index contributed by atoms with van der Waals surface area (Å²) in [5.74, 6) is 0.0611. The number of ether oxygens (including phenoxy) is 2. The third-order valence-electron chi connectivity index (χ3n) is 4.28. The molecular weight excluding hydrogens is 394 g/mol. The Kier molecular flexibility index (Phi) is 7.00. The van der Waals surface area contributed by atoms with Crippen molar-refractivity contribution in [3.8, 4) is 22.8 Å². The van der Waals surface area contributed by atoms with Crippen molar-refractivity contribution in [1.82, 2.24) is 10.3 Å². The van der Waals surface area contributed by atoms with E-state index in [4.69, 9.17) is 13.9 Å². The molecule has 1 unspecified atom stereocenters. The number of amides is 1. The first-order valence-electron chi connectivity index (χ1n) is 9.41. The smallest absolute Gasteiger partial charge is 0.220 e. The lowest BCUT2D eigenvalue weighted by molar-refractivity contribution is -0.121. The molecule has 8 heteroatoms. The van der Waals surface area contributed by atoms with E-state index in [1.165, 1.54) is 6.07 Å². The Bertz CT molecular complexity index is 989. The van der Waals surface area contributed by atoms with E-state index < -0.39 is 11.6 Å². The number of benzene rings is 2. The van der Waals surface area contributed by atoms with Crippen LogP contribution in [-0.2, 0) is 11.2 Å². The predicted molar refractivity (Wildman–Crippen MR) is 106 cm³/mol. The minimum absolute atomic E-state index is 0.0505. The average molecular weight is 416 g/mol. The SMILES string of the molecule is COc1ccc(-c2cnc(CCC(=O)NC(C)COc3ccc(F)cc3F)o2)cc1. The Morgan fingerprint density at radius 3 is 2.67 bits per heavy atom. The molecule has 1 amide bonds. The van der Waals surface area contributed by atoms with Crippen molar-refractivity contribution >= 4 is 5.91 Å². The molecule has 1 atom stereocenters. The first-order valence-corrected chi connectivity index (χ1v) is 9.41. The number of hydrogen-bond acceptors (Lipinski definition) is 5. The molecule has 1 aromatic heterocycles. The first kappa shape index (κ1) is 21.3. The number of nitrogens with zero attached hydrogens (tertiary/aromatic N) is 1. The number of oxazole rings is 1. The van der Waals surface area contributed by atoms with Gasteiger partial charge in [-0.15, -0.1) is 0 Å². The zero-order valence-electron chi connectivity index (χ0n) is 16.7. The van der Waals surface area contributed by atoms with Crippen LogP contribution in [0.1, 0.15) is 19.2 Å². The van der Waals surface area contributed by atoms with Gasteiger partial charge in [-0.3, -0.25) is 4.79 Å². The van der Waals surface area contributed by atoms with E-state index in [1.54, 1.807) is 20.2 Å². The van der Waals surface area contributed by atoms with E-state index >= 15 is 0 Å². The second-order valence-corrected chi connectivity index (χ2v) is 6.70. The van der Waals surface area contributed by atoms with E-state index in [-0.39, 0.29) is 30.7 Å². The largest absolute Gasteiger partial charge is 0.497 e. The van der Waals surface area contributed by atoms with Crippen LogP contribution in [0.5, 0.6) is 11.5 Å². The van der Waals surface area contributed by atoms with Gasteiger partial charge in [-0.1, -0.05) is 0 Å². The topological polar surface area (TPSA) is 73.6 Å². The lowest BCUT2D eigenvalue weighted by atomic mass is 10.2. The van der Waals surface area contributed by atoms with E-state index in [2.05, 4.69) is 10.3 Å². The lowest BCUT2D eigenvalue weighted by Gasteiger charge is -2.15. The normalized spacial score (nSPS) is 11.7. The highest BCUT2D eigenvalue weighted by atomic mass is 19.1. The fourth-order valence-electron chi connectivity index (χ4n) is 2.73. The molecule has 0 saturated heterocycles. The van der Waals surface area contributed by atoms with Gasteiger partial charge < -0.3 is 19.2 Å². The van der Waals surface area contributed by atoms with Crippen LogP contribution in [-0.4, -0.2) is 30.6 Å². The van der Waals surface area contributed by atoms with Crippen LogP contribution in [0.4, 0.5) is 8.78 Å². The molecule has 30 heavy (non-hydrogen) atoms. The summed E-state index contributed by atoms with van der Waals surface area (Å²) in [6.07, 6.45) is 2.13. The van der Waals surface area contributed by atoms with Crippen molar-refractivity contribution in [3.05, 3.63) is 66.2 Å². The third-order valence-corrected chi connectivity index (χ3v) is 4.28. The minimum Gasteiger partial charge on any atom is -0.497 e. The number of halogens is 2. The number of aromatic nitrogens is 1. The maximum atomic E-state index is 13.6. The van der Waals surface area contributed by atoms with Crippen LogP contribution in [0.3, 0.4) is 0 Å². The second-order valence-electron chi connectivity index (χ2n) is 6.70.